The maximum absolute atomic E-state index is 12.7. The van der Waals surface area contributed by atoms with Gasteiger partial charge in [-0.15, -0.1) is 0 Å². The number of carboxylic acids is 1. The number of carboxylic acid groups (broad SMARTS) is 1. The van der Waals surface area contributed by atoms with Crippen molar-refractivity contribution in [3.8, 4) is 0 Å². The van der Waals surface area contributed by atoms with Gasteiger partial charge in [0.05, 0.1) is 12.5 Å². The fourth-order valence-corrected chi connectivity index (χ4v) is 3.37. The van der Waals surface area contributed by atoms with Crippen LogP contribution in [0.3, 0.4) is 0 Å². The van der Waals surface area contributed by atoms with E-state index in [4.69, 9.17) is 9.84 Å². The molecule has 0 spiro atoms. The number of amides is 1. The zero-order valence-electron chi connectivity index (χ0n) is 14.5. The molecule has 0 aromatic heterocycles. The van der Waals surface area contributed by atoms with E-state index in [0.717, 1.165) is 19.3 Å². The Balaban J connectivity index is 1.87. The SMILES string of the molecule is COC1CC(CC(=O)O)N(C(=O)C(C)CCCc2ccccc2)C1. The average Bonchev–Trinajstić information content (AvgIpc) is 2.97. The van der Waals surface area contributed by atoms with Crippen LogP contribution in [0.5, 0.6) is 0 Å². The van der Waals surface area contributed by atoms with Gasteiger partial charge in [0.25, 0.3) is 0 Å². The van der Waals surface area contributed by atoms with E-state index < -0.39 is 5.97 Å². The van der Waals surface area contributed by atoms with Crippen molar-refractivity contribution in [1.29, 1.82) is 0 Å². The average molecular weight is 333 g/mol. The van der Waals surface area contributed by atoms with Crippen molar-refractivity contribution in [2.45, 2.75) is 51.2 Å². The van der Waals surface area contributed by atoms with Gasteiger partial charge in [0.1, 0.15) is 0 Å². The van der Waals surface area contributed by atoms with Crippen LogP contribution >= 0.6 is 0 Å². The fraction of sp³-hybridized carbons (Fsp3) is 0.579. The molecule has 1 heterocycles. The summed E-state index contributed by atoms with van der Waals surface area (Å²) in [4.78, 5) is 25.5. The lowest BCUT2D eigenvalue weighted by Crippen LogP contribution is -2.40. The Bertz CT molecular complexity index is 546. The second-order valence-electron chi connectivity index (χ2n) is 6.61. The van der Waals surface area contributed by atoms with Crippen molar-refractivity contribution in [1.82, 2.24) is 4.90 Å². The first-order valence-corrected chi connectivity index (χ1v) is 8.60. The summed E-state index contributed by atoms with van der Waals surface area (Å²) in [5.41, 5.74) is 1.28. The zero-order valence-corrected chi connectivity index (χ0v) is 14.5. The third kappa shape index (κ3) is 5.06. The molecule has 2 rings (SSSR count). The van der Waals surface area contributed by atoms with E-state index in [1.165, 1.54) is 5.56 Å². The van der Waals surface area contributed by atoms with Crippen molar-refractivity contribution in [2.75, 3.05) is 13.7 Å². The molecule has 132 valence electrons. The Morgan fingerprint density at radius 1 is 1.33 bits per heavy atom. The van der Waals surface area contributed by atoms with Gasteiger partial charge in [-0.3, -0.25) is 9.59 Å². The molecule has 1 N–H and O–H groups in total. The van der Waals surface area contributed by atoms with Crippen LogP contribution in [-0.4, -0.2) is 47.7 Å². The van der Waals surface area contributed by atoms with Crippen LogP contribution < -0.4 is 0 Å². The Labute approximate surface area is 143 Å². The predicted molar refractivity (Wildman–Crippen MR) is 91.7 cm³/mol. The van der Waals surface area contributed by atoms with E-state index in [1.54, 1.807) is 12.0 Å². The highest BCUT2D eigenvalue weighted by atomic mass is 16.5. The summed E-state index contributed by atoms with van der Waals surface area (Å²) in [5.74, 6) is -0.916. The van der Waals surface area contributed by atoms with E-state index >= 15 is 0 Å². The number of carbonyl (C=O) groups excluding carboxylic acids is 1. The van der Waals surface area contributed by atoms with Crippen LogP contribution in [0, 0.1) is 5.92 Å². The minimum Gasteiger partial charge on any atom is -0.481 e. The minimum atomic E-state index is -0.869. The lowest BCUT2D eigenvalue weighted by atomic mass is 9.99. The van der Waals surface area contributed by atoms with E-state index in [9.17, 15) is 9.59 Å². The van der Waals surface area contributed by atoms with Crippen LogP contribution in [0.1, 0.15) is 38.2 Å². The monoisotopic (exact) mass is 333 g/mol. The number of carbonyl (C=O) groups is 2. The molecule has 3 atom stereocenters. The maximum atomic E-state index is 12.7. The summed E-state index contributed by atoms with van der Waals surface area (Å²) in [6.07, 6.45) is 3.24. The van der Waals surface area contributed by atoms with Crippen molar-refractivity contribution in [3.05, 3.63) is 35.9 Å². The second kappa shape index (κ2) is 8.83. The van der Waals surface area contributed by atoms with Crippen molar-refractivity contribution in [2.24, 2.45) is 5.92 Å². The second-order valence-corrected chi connectivity index (χ2v) is 6.61. The van der Waals surface area contributed by atoms with Crippen LogP contribution in [0.2, 0.25) is 0 Å². The molecule has 5 heteroatoms. The first-order chi connectivity index (χ1) is 11.5. The van der Waals surface area contributed by atoms with E-state index in [0.29, 0.717) is 13.0 Å². The molecule has 1 amide bonds. The quantitative estimate of drug-likeness (QED) is 0.794. The summed E-state index contributed by atoms with van der Waals surface area (Å²) < 4.78 is 5.34. The van der Waals surface area contributed by atoms with E-state index in [-0.39, 0.29) is 30.4 Å². The van der Waals surface area contributed by atoms with Gasteiger partial charge in [-0.25, -0.2) is 0 Å². The maximum Gasteiger partial charge on any atom is 0.305 e. The van der Waals surface area contributed by atoms with Crippen molar-refractivity contribution < 1.29 is 19.4 Å². The summed E-state index contributed by atoms with van der Waals surface area (Å²) in [5, 5.41) is 9.06. The Kier molecular flexibility index (Phi) is 6.79. The third-order valence-corrected chi connectivity index (χ3v) is 4.77. The van der Waals surface area contributed by atoms with Gasteiger partial charge in [-0.2, -0.15) is 0 Å². The van der Waals surface area contributed by atoms with Crippen molar-refractivity contribution in [3.63, 3.8) is 0 Å². The highest BCUT2D eigenvalue weighted by Crippen LogP contribution is 2.26. The number of aliphatic carboxylic acids is 1. The van der Waals surface area contributed by atoms with Gasteiger partial charge in [0.15, 0.2) is 0 Å². The Hall–Kier alpha value is -1.88. The van der Waals surface area contributed by atoms with Gasteiger partial charge in [0, 0.05) is 25.6 Å². The number of nitrogens with zero attached hydrogens (tertiary/aromatic N) is 1. The smallest absolute Gasteiger partial charge is 0.305 e. The number of hydrogen-bond acceptors (Lipinski definition) is 3. The van der Waals surface area contributed by atoms with Gasteiger partial charge >= 0.3 is 5.97 Å². The molecule has 1 aromatic carbocycles. The highest BCUT2D eigenvalue weighted by molar-refractivity contribution is 5.80. The standard InChI is InChI=1S/C19H27NO4/c1-14(7-6-10-15-8-4-3-5-9-15)19(23)20-13-17(24-2)11-16(20)12-18(21)22/h3-5,8-9,14,16-17H,6-7,10-13H2,1-2H3,(H,21,22). The van der Waals surface area contributed by atoms with Gasteiger partial charge in [-0.1, -0.05) is 37.3 Å². The summed E-state index contributed by atoms with van der Waals surface area (Å²) in [6.45, 7) is 2.43. The lowest BCUT2D eigenvalue weighted by Gasteiger charge is -2.26. The van der Waals surface area contributed by atoms with Crippen LogP contribution in [0.25, 0.3) is 0 Å². The Morgan fingerprint density at radius 3 is 2.67 bits per heavy atom. The largest absolute Gasteiger partial charge is 0.481 e. The lowest BCUT2D eigenvalue weighted by molar-refractivity contribution is -0.141. The van der Waals surface area contributed by atoms with Crippen molar-refractivity contribution >= 4 is 11.9 Å². The predicted octanol–water partition coefficient (Wildman–Crippen LogP) is 2.74. The molecule has 0 bridgehead atoms. The summed E-state index contributed by atoms with van der Waals surface area (Å²) in [6, 6.07) is 9.98. The summed E-state index contributed by atoms with van der Waals surface area (Å²) >= 11 is 0. The number of hydrogen-bond donors (Lipinski definition) is 1. The number of rotatable bonds is 8. The van der Waals surface area contributed by atoms with Crippen LogP contribution in [0.15, 0.2) is 30.3 Å². The van der Waals surface area contributed by atoms with Gasteiger partial charge < -0.3 is 14.7 Å². The molecular weight excluding hydrogens is 306 g/mol. The Morgan fingerprint density at radius 2 is 2.04 bits per heavy atom. The molecule has 1 aromatic rings. The van der Waals surface area contributed by atoms with E-state index in [1.807, 2.05) is 25.1 Å². The van der Waals surface area contributed by atoms with Crippen LogP contribution in [-0.2, 0) is 20.7 Å². The molecular formula is C19H27NO4. The van der Waals surface area contributed by atoms with Gasteiger partial charge in [0.2, 0.25) is 5.91 Å². The topological polar surface area (TPSA) is 66.8 Å². The third-order valence-electron chi connectivity index (χ3n) is 4.77. The molecule has 1 aliphatic heterocycles. The molecule has 0 saturated carbocycles. The number of methoxy groups -OCH3 is 1. The molecule has 1 fully saturated rings. The molecule has 1 aliphatic rings. The molecule has 5 nitrogen and oxygen atoms in total. The van der Waals surface area contributed by atoms with E-state index in [2.05, 4.69) is 12.1 Å². The highest BCUT2D eigenvalue weighted by Gasteiger charge is 2.37. The first kappa shape index (κ1) is 18.5. The first-order valence-electron chi connectivity index (χ1n) is 8.60. The molecule has 0 aliphatic carbocycles. The minimum absolute atomic E-state index is 0.0116. The normalized spacial score (nSPS) is 21.7. The molecule has 3 unspecified atom stereocenters. The summed E-state index contributed by atoms with van der Waals surface area (Å²) in [7, 11) is 1.61. The zero-order chi connectivity index (χ0) is 17.5. The number of aryl methyl sites for hydroxylation is 1. The number of ether oxygens (including phenoxy) is 1. The van der Waals surface area contributed by atoms with Crippen LogP contribution in [0.4, 0.5) is 0 Å². The number of likely N-dealkylation sites (tertiary alicyclic amines) is 1. The number of benzene rings is 1. The molecule has 0 radical (unpaired) electrons. The van der Waals surface area contributed by atoms with Gasteiger partial charge in [-0.05, 0) is 31.2 Å². The fourth-order valence-electron chi connectivity index (χ4n) is 3.37. The molecule has 24 heavy (non-hydrogen) atoms. The molecule has 1 saturated heterocycles.